The first-order valence-electron chi connectivity index (χ1n) is 9.35. The van der Waals surface area contributed by atoms with E-state index in [0.717, 1.165) is 11.4 Å². The minimum absolute atomic E-state index is 0.140. The van der Waals surface area contributed by atoms with Crippen LogP contribution in [0.4, 0.5) is 11.5 Å². The molecule has 0 aliphatic carbocycles. The van der Waals surface area contributed by atoms with Gasteiger partial charge in [0.1, 0.15) is 16.5 Å². The number of likely N-dealkylation sites (N-methyl/N-ethyl adjacent to an activating group) is 1. The lowest BCUT2D eigenvalue weighted by molar-refractivity contribution is 0.0914. The lowest BCUT2D eigenvalue weighted by atomic mass is 10.2. The van der Waals surface area contributed by atoms with E-state index >= 15 is 0 Å². The van der Waals surface area contributed by atoms with Gasteiger partial charge in [-0.3, -0.25) is 14.3 Å². The summed E-state index contributed by atoms with van der Waals surface area (Å²) < 4.78 is 7.09. The van der Waals surface area contributed by atoms with Gasteiger partial charge in [-0.05, 0) is 12.1 Å². The Morgan fingerprint density at radius 2 is 2.07 bits per heavy atom. The maximum atomic E-state index is 12.7. The number of nitrogens with zero attached hydrogens (tertiary/aromatic N) is 5. The third-order valence-corrected chi connectivity index (χ3v) is 5.41. The van der Waals surface area contributed by atoms with Crippen LogP contribution in [0.15, 0.2) is 29.9 Å². The molecule has 11 heteroatoms. The summed E-state index contributed by atoms with van der Waals surface area (Å²) in [6, 6.07) is 3.79. The lowest BCUT2D eigenvalue weighted by Gasteiger charge is -2.18. The van der Waals surface area contributed by atoms with E-state index in [2.05, 4.69) is 25.7 Å². The summed E-state index contributed by atoms with van der Waals surface area (Å²) >= 11 is 1.37. The Balaban J connectivity index is 1.66. The third kappa shape index (κ3) is 4.31. The molecule has 3 aromatic rings. The Bertz CT molecular complexity index is 1080. The van der Waals surface area contributed by atoms with Crippen molar-refractivity contribution in [2.75, 3.05) is 43.6 Å². The van der Waals surface area contributed by atoms with E-state index in [-0.39, 0.29) is 17.3 Å². The van der Waals surface area contributed by atoms with E-state index in [1.54, 1.807) is 24.8 Å². The van der Waals surface area contributed by atoms with Crippen molar-refractivity contribution in [2.45, 2.75) is 0 Å². The Labute approximate surface area is 176 Å². The summed E-state index contributed by atoms with van der Waals surface area (Å²) in [5.74, 6) is -0.00648. The molecule has 0 fully saturated rings. The van der Waals surface area contributed by atoms with Crippen molar-refractivity contribution in [3.05, 3.63) is 41.3 Å². The second-order valence-corrected chi connectivity index (χ2v) is 7.61. The van der Waals surface area contributed by atoms with Crippen LogP contribution in [0.25, 0.3) is 10.6 Å². The number of hydrogen-bond acceptors (Lipinski definition) is 8. The first kappa shape index (κ1) is 20.0. The monoisotopic (exact) mass is 427 g/mol. The van der Waals surface area contributed by atoms with Crippen LogP contribution in [0.3, 0.4) is 0 Å². The van der Waals surface area contributed by atoms with Crippen LogP contribution >= 0.6 is 11.3 Å². The van der Waals surface area contributed by atoms with Crippen molar-refractivity contribution in [3.63, 3.8) is 0 Å². The van der Waals surface area contributed by atoms with Crippen molar-refractivity contribution in [1.82, 2.24) is 25.1 Å². The van der Waals surface area contributed by atoms with Gasteiger partial charge in [0.2, 0.25) is 0 Å². The Morgan fingerprint density at radius 1 is 1.20 bits per heavy atom. The fourth-order valence-electron chi connectivity index (χ4n) is 2.94. The standard InChI is InChI=1S/C19H21N7O3S/c1-25-6-8-29-7-5-21-18(28)16-13(10-26(2)24-16)22-17(27)14-11-30-19(23-14)12-3-4-20-15(25)9-12/h3-4,9-11H,5-8H2,1-2H3,(H,21,28)(H,22,27). The number of hydrogen-bond donors (Lipinski definition) is 2. The minimum atomic E-state index is -0.407. The number of anilines is 2. The third-order valence-electron chi connectivity index (χ3n) is 4.52. The number of aryl methyl sites for hydroxylation is 1. The molecule has 2 amide bonds. The molecule has 3 aromatic heterocycles. The first-order chi connectivity index (χ1) is 14.5. The first-order valence-corrected chi connectivity index (χ1v) is 10.2. The van der Waals surface area contributed by atoms with E-state index in [0.29, 0.717) is 37.0 Å². The van der Waals surface area contributed by atoms with Crippen LogP contribution in [0, 0.1) is 0 Å². The fraction of sp³-hybridized carbons (Fsp3) is 0.316. The second kappa shape index (κ2) is 8.59. The number of nitrogens with one attached hydrogen (secondary N) is 2. The molecule has 0 saturated heterocycles. The Kier molecular flexibility index (Phi) is 5.72. The van der Waals surface area contributed by atoms with Crippen molar-refractivity contribution in [3.8, 4) is 10.6 Å². The number of carbonyl (C=O) groups is 2. The summed E-state index contributed by atoms with van der Waals surface area (Å²) in [5.41, 5.74) is 1.61. The molecule has 2 N–H and O–H groups in total. The van der Waals surface area contributed by atoms with Crippen LogP contribution in [0.5, 0.6) is 0 Å². The van der Waals surface area contributed by atoms with Crippen LogP contribution in [0.1, 0.15) is 21.0 Å². The predicted octanol–water partition coefficient (Wildman–Crippen LogP) is 1.39. The number of aromatic nitrogens is 4. The molecule has 1 aliphatic rings. The number of thiazole rings is 1. The zero-order valence-corrected chi connectivity index (χ0v) is 17.4. The highest BCUT2D eigenvalue weighted by Crippen LogP contribution is 2.26. The van der Waals surface area contributed by atoms with Gasteiger partial charge in [0.25, 0.3) is 11.8 Å². The fourth-order valence-corrected chi connectivity index (χ4v) is 3.74. The number of fused-ring (bicyclic) bond motifs is 6. The van der Waals surface area contributed by atoms with E-state index in [4.69, 9.17) is 4.74 Å². The number of ether oxygens (including phenoxy) is 1. The van der Waals surface area contributed by atoms with Gasteiger partial charge in [-0.15, -0.1) is 11.3 Å². The van der Waals surface area contributed by atoms with Crippen molar-refractivity contribution >= 4 is 34.7 Å². The van der Waals surface area contributed by atoms with Crippen LogP contribution in [-0.2, 0) is 11.8 Å². The van der Waals surface area contributed by atoms with Gasteiger partial charge >= 0.3 is 0 Å². The number of amides is 2. The molecule has 0 unspecified atom stereocenters. The maximum absolute atomic E-state index is 12.7. The molecule has 0 saturated carbocycles. The quantitative estimate of drug-likeness (QED) is 0.557. The van der Waals surface area contributed by atoms with Crippen LogP contribution in [-0.4, -0.2) is 64.9 Å². The minimum Gasteiger partial charge on any atom is -0.378 e. The summed E-state index contributed by atoms with van der Waals surface area (Å²) in [6.07, 6.45) is 3.30. The van der Waals surface area contributed by atoms with Crippen molar-refractivity contribution in [1.29, 1.82) is 0 Å². The average Bonchev–Trinajstić information content (AvgIpc) is 3.37. The molecule has 4 bridgehead atoms. The molecule has 4 heterocycles. The summed E-state index contributed by atoms with van der Waals surface area (Å²) in [7, 11) is 3.61. The highest BCUT2D eigenvalue weighted by Gasteiger charge is 2.20. The van der Waals surface area contributed by atoms with Crippen molar-refractivity contribution < 1.29 is 14.3 Å². The van der Waals surface area contributed by atoms with Gasteiger partial charge in [-0.2, -0.15) is 5.10 Å². The molecule has 156 valence electrons. The SMILES string of the molecule is CN1CCOCCNC(=O)c2nn(C)cc2NC(=O)c2csc(n2)-c2ccnc1c2. The molecule has 0 atom stereocenters. The van der Waals surface area contributed by atoms with Gasteiger partial charge in [0.05, 0.1) is 18.9 Å². The molecule has 1 aliphatic heterocycles. The molecule has 4 rings (SSSR count). The number of pyridine rings is 1. The highest BCUT2D eigenvalue weighted by atomic mass is 32.1. The molecule has 30 heavy (non-hydrogen) atoms. The van der Waals surface area contributed by atoms with Crippen molar-refractivity contribution in [2.24, 2.45) is 7.05 Å². The summed E-state index contributed by atoms with van der Waals surface area (Å²) in [6.45, 7) is 1.82. The Hall–Kier alpha value is -3.31. The van der Waals surface area contributed by atoms with E-state index in [1.807, 2.05) is 24.1 Å². The van der Waals surface area contributed by atoms with Crippen LogP contribution < -0.4 is 15.5 Å². The number of rotatable bonds is 0. The number of carbonyl (C=O) groups excluding carboxylic acids is 2. The van der Waals surface area contributed by atoms with E-state index in [1.165, 1.54) is 16.0 Å². The molecule has 0 spiro atoms. The molecule has 0 aromatic carbocycles. The second-order valence-electron chi connectivity index (χ2n) is 6.75. The van der Waals surface area contributed by atoms with Gasteiger partial charge in [-0.1, -0.05) is 0 Å². The summed E-state index contributed by atoms with van der Waals surface area (Å²) in [5, 5.41) is 12.0. The van der Waals surface area contributed by atoms with Crippen LogP contribution in [0.2, 0.25) is 0 Å². The average molecular weight is 427 g/mol. The smallest absolute Gasteiger partial charge is 0.275 e. The normalized spacial score (nSPS) is 15.6. The predicted molar refractivity (Wildman–Crippen MR) is 113 cm³/mol. The topological polar surface area (TPSA) is 114 Å². The summed E-state index contributed by atoms with van der Waals surface area (Å²) in [4.78, 5) is 36.0. The van der Waals surface area contributed by atoms with Gasteiger partial charge < -0.3 is 20.3 Å². The Morgan fingerprint density at radius 3 is 2.93 bits per heavy atom. The molecule has 10 nitrogen and oxygen atoms in total. The zero-order valence-electron chi connectivity index (χ0n) is 16.6. The van der Waals surface area contributed by atoms with E-state index in [9.17, 15) is 9.59 Å². The van der Waals surface area contributed by atoms with Gasteiger partial charge in [0, 0.05) is 50.5 Å². The molecule has 0 radical (unpaired) electrons. The highest BCUT2D eigenvalue weighted by molar-refractivity contribution is 7.13. The molecular formula is C19H21N7O3S. The largest absolute Gasteiger partial charge is 0.378 e. The lowest BCUT2D eigenvalue weighted by Crippen LogP contribution is -2.30. The van der Waals surface area contributed by atoms with E-state index < -0.39 is 5.91 Å². The molecular weight excluding hydrogens is 406 g/mol. The zero-order chi connectivity index (χ0) is 21.1. The van der Waals surface area contributed by atoms with Gasteiger partial charge in [-0.25, -0.2) is 9.97 Å². The van der Waals surface area contributed by atoms with Gasteiger partial charge in [0.15, 0.2) is 5.69 Å². The maximum Gasteiger partial charge on any atom is 0.275 e.